The third-order valence-electron chi connectivity index (χ3n) is 4.30. The van der Waals surface area contributed by atoms with Crippen LogP contribution >= 0.6 is 11.3 Å². The van der Waals surface area contributed by atoms with Crippen molar-refractivity contribution in [1.82, 2.24) is 9.97 Å². The fourth-order valence-corrected chi connectivity index (χ4v) is 3.64. The molecule has 0 saturated carbocycles. The minimum atomic E-state index is -0.277. The maximum atomic E-state index is 12.3. The Labute approximate surface area is 161 Å². The summed E-state index contributed by atoms with van der Waals surface area (Å²) in [7, 11) is 0. The molecule has 4 rings (SSSR count). The summed E-state index contributed by atoms with van der Waals surface area (Å²) in [5.74, 6) is 0. The molecule has 0 unspecified atom stereocenters. The topological polar surface area (TPSA) is 66.9 Å². The van der Waals surface area contributed by atoms with Crippen LogP contribution in [0.25, 0.3) is 20.9 Å². The number of urea groups is 1. The average molecular weight is 374 g/mol. The van der Waals surface area contributed by atoms with E-state index in [1.54, 1.807) is 6.20 Å². The van der Waals surface area contributed by atoms with Crippen molar-refractivity contribution >= 4 is 39.1 Å². The van der Waals surface area contributed by atoms with Gasteiger partial charge >= 0.3 is 6.03 Å². The molecule has 2 aromatic heterocycles. The quantitative estimate of drug-likeness (QED) is 0.489. The molecule has 0 spiro atoms. The van der Waals surface area contributed by atoms with Crippen molar-refractivity contribution in [2.24, 2.45) is 0 Å². The molecule has 0 bridgehead atoms. The Morgan fingerprint density at radius 3 is 2.52 bits per heavy atom. The number of amides is 2. The number of carbonyl (C=O) groups is 1. The fraction of sp³-hybridized carbons (Fsp3) is 0.0952. The molecule has 0 aliphatic carbocycles. The SMILES string of the molecule is Cc1ccc(NC(=O)Nc2cccc(-c3nc4cccnc4s3)c2)cc1C. The lowest BCUT2D eigenvalue weighted by molar-refractivity contribution is 0.262. The number of aryl methyl sites for hydroxylation is 2. The summed E-state index contributed by atoms with van der Waals surface area (Å²) in [5.41, 5.74) is 5.63. The predicted molar refractivity (Wildman–Crippen MR) is 111 cm³/mol. The van der Waals surface area contributed by atoms with Crippen LogP contribution < -0.4 is 10.6 Å². The van der Waals surface area contributed by atoms with Gasteiger partial charge in [-0.15, -0.1) is 0 Å². The van der Waals surface area contributed by atoms with Gasteiger partial charge in [-0.25, -0.2) is 14.8 Å². The Hall–Kier alpha value is -3.25. The number of hydrogen-bond acceptors (Lipinski definition) is 4. The number of benzene rings is 2. The third-order valence-corrected chi connectivity index (χ3v) is 5.33. The first-order chi connectivity index (χ1) is 13.1. The van der Waals surface area contributed by atoms with Gasteiger partial charge in [0.15, 0.2) is 0 Å². The van der Waals surface area contributed by atoms with Crippen LogP contribution in [-0.4, -0.2) is 16.0 Å². The van der Waals surface area contributed by atoms with E-state index in [1.807, 2.05) is 68.4 Å². The molecule has 6 heteroatoms. The van der Waals surface area contributed by atoms with E-state index < -0.39 is 0 Å². The summed E-state index contributed by atoms with van der Waals surface area (Å²) in [5, 5.41) is 6.62. The lowest BCUT2D eigenvalue weighted by atomic mass is 10.1. The molecule has 2 heterocycles. The van der Waals surface area contributed by atoms with Crippen molar-refractivity contribution in [3.63, 3.8) is 0 Å². The summed E-state index contributed by atoms with van der Waals surface area (Å²) in [6.45, 7) is 4.07. The van der Waals surface area contributed by atoms with E-state index in [1.165, 1.54) is 16.9 Å². The maximum Gasteiger partial charge on any atom is 0.323 e. The Bertz CT molecular complexity index is 1100. The highest BCUT2D eigenvalue weighted by atomic mass is 32.1. The van der Waals surface area contributed by atoms with Crippen molar-refractivity contribution in [3.05, 3.63) is 71.9 Å². The van der Waals surface area contributed by atoms with E-state index in [2.05, 4.69) is 20.6 Å². The number of pyridine rings is 1. The monoisotopic (exact) mass is 374 g/mol. The minimum Gasteiger partial charge on any atom is -0.308 e. The molecule has 0 aliphatic rings. The van der Waals surface area contributed by atoms with E-state index in [9.17, 15) is 4.79 Å². The maximum absolute atomic E-state index is 12.3. The van der Waals surface area contributed by atoms with Crippen LogP contribution in [0.5, 0.6) is 0 Å². The zero-order valence-corrected chi connectivity index (χ0v) is 15.8. The first kappa shape index (κ1) is 17.2. The minimum absolute atomic E-state index is 0.277. The van der Waals surface area contributed by atoms with E-state index in [0.29, 0.717) is 5.69 Å². The van der Waals surface area contributed by atoms with Gasteiger partial charge in [0.05, 0.1) is 0 Å². The number of anilines is 2. The van der Waals surface area contributed by atoms with E-state index >= 15 is 0 Å². The van der Waals surface area contributed by atoms with Crippen LogP contribution in [0.1, 0.15) is 11.1 Å². The molecule has 0 fully saturated rings. The fourth-order valence-electron chi connectivity index (χ4n) is 2.74. The van der Waals surface area contributed by atoms with Crippen LogP contribution in [-0.2, 0) is 0 Å². The molecule has 0 radical (unpaired) electrons. The number of hydrogen-bond donors (Lipinski definition) is 2. The number of nitrogens with zero attached hydrogens (tertiary/aromatic N) is 2. The van der Waals surface area contributed by atoms with Crippen molar-refractivity contribution in [1.29, 1.82) is 0 Å². The molecular weight excluding hydrogens is 356 g/mol. The largest absolute Gasteiger partial charge is 0.323 e. The molecule has 0 saturated heterocycles. The summed E-state index contributed by atoms with van der Waals surface area (Å²) >= 11 is 1.53. The second kappa shape index (κ2) is 7.17. The van der Waals surface area contributed by atoms with Gasteiger partial charge in [0.2, 0.25) is 0 Å². The van der Waals surface area contributed by atoms with Crippen LogP contribution in [0.15, 0.2) is 60.8 Å². The van der Waals surface area contributed by atoms with E-state index in [0.717, 1.165) is 32.2 Å². The molecule has 5 nitrogen and oxygen atoms in total. The van der Waals surface area contributed by atoms with Gasteiger partial charge in [0.1, 0.15) is 15.4 Å². The van der Waals surface area contributed by atoms with Crippen LogP contribution in [0.3, 0.4) is 0 Å². The first-order valence-electron chi connectivity index (χ1n) is 8.56. The number of nitrogens with one attached hydrogen (secondary N) is 2. The summed E-state index contributed by atoms with van der Waals surface area (Å²) in [6, 6.07) is 17.0. The van der Waals surface area contributed by atoms with E-state index in [-0.39, 0.29) is 6.03 Å². The zero-order chi connectivity index (χ0) is 18.8. The molecule has 134 valence electrons. The van der Waals surface area contributed by atoms with Gasteiger partial charge < -0.3 is 10.6 Å². The van der Waals surface area contributed by atoms with Gasteiger partial charge in [0, 0.05) is 23.1 Å². The number of aromatic nitrogens is 2. The smallest absolute Gasteiger partial charge is 0.308 e. The number of thiazole rings is 1. The Morgan fingerprint density at radius 2 is 1.74 bits per heavy atom. The molecule has 2 aromatic carbocycles. The first-order valence-corrected chi connectivity index (χ1v) is 9.37. The van der Waals surface area contributed by atoms with Gasteiger partial charge in [-0.05, 0) is 61.4 Å². The molecule has 4 aromatic rings. The summed E-state index contributed by atoms with van der Waals surface area (Å²) in [6.07, 6.45) is 1.76. The Kier molecular flexibility index (Phi) is 4.56. The second-order valence-corrected chi connectivity index (χ2v) is 7.28. The Morgan fingerprint density at radius 1 is 0.926 bits per heavy atom. The zero-order valence-electron chi connectivity index (χ0n) is 15.0. The lowest BCUT2D eigenvalue weighted by Crippen LogP contribution is -2.19. The van der Waals surface area contributed by atoms with Crippen molar-refractivity contribution in [2.75, 3.05) is 10.6 Å². The number of rotatable bonds is 3. The third kappa shape index (κ3) is 3.80. The van der Waals surface area contributed by atoms with Gasteiger partial charge in [-0.3, -0.25) is 0 Å². The van der Waals surface area contributed by atoms with Gasteiger partial charge in [-0.2, -0.15) is 0 Å². The second-order valence-electron chi connectivity index (χ2n) is 6.31. The number of carbonyl (C=O) groups excluding carboxylic acids is 1. The molecule has 0 aliphatic heterocycles. The summed E-state index contributed by atoms with van der Waals surface area (Å²) < 4.78 is 0. The normalized spacial score (nSPS) is 10.7. The molecule has 2 N–H and O–H groups in total. The van der Waals surface area contributed by atoms with Crippen LogP contribution in [0.4, 0.5) is 16.2 Å². The highest BCUT2D eigenvalue weighted by Crippen LogP contribution is 2.30. The highest BCUT2D eigenvalue weighted by molar-refractivity contribution is 7.21. The van der Waals surface area contributed by atoms with Crippen LogP contribution in [0, 0.1) is 13.8 Å². The highest BCUT2D eigenvalue weighted by Gasteiger charge is 2.09. The standard InChI is InChI=1S/C21H18N4OS/c1-13-8-9-17(11-14(13)2)24-21(26)23-16-6-3-5-15(12-16)19-25-18-7-4-10-22-20(18)27-19/h3-12H,1-2H3,(H2,23,24,26). The lowest BCUT2D eigenvalue weighted by Gasteiger charge is -2.10. The average Bonchev–Trinajstić information content (AvgIpc) is 3.09. The molecule has 0 atom stereocenters. The van der Waals surface area contributed by atoms with Crippen molar-refractivity contribution in [2.45, 2.75) is 13.8 Å². The number of fused-ring (bicyclic) bond motifs is 1. The molecule has 2 amide bonds. The Balaban J connectivity index is 1.51. The van der Waals surface area contributed by atoms with Crippen LogP contribution in [0.2, 0.25) is 0 Å². The van der Waals surface area contributed by atoms with E-state index in [4.69, 9.17) is 0 Å². The summed E-state index contributed by atoms with van der Waals surface area (Å²) in [4.78, 5) is 22.2. The van der Waals surface area contributed by atoms with Gasteiger partial charge in [-0.1, -0.05) is 29.5 Å². The molecular formula is C21H18N4OS. The molecule has 27 heavy (non-hydrogen) atoms. The van der Waals surface area contributed by atoms with Gasteiger partial charge in [0.25, 0.3) is 0 Å². The van der Waals surface area contributed by atoms with Crippen molar-refractivity contribution in [3.8, 4) is 10.6 Å². The van der Waals surface area contributed by atoms with Crippen molar-refractivity contribution < 1.29 is 4.79 Å². The predicted octanol–water partition coefficient (Wildman–Crippen LogP) is 5.62.